The zero-order valence-corrected chi connectivity index (χ0v) is 16.9. The van der Waals surface area contributed by atoms with Gasteiger partial charge >= 0.3 is 0 Å². The molecule has 0 saturated heterocycles. The maximum absolute atomic E-state index is 13.0. The van der Waals surface area contributed by atoms with Gasteiger partial charge in [0, 0.05) is 22.6 Å². The topological polar surface area (TPSA) is 137 Å². The highest BCUT2D eigenvalue weighted by Gasteiger charge is 2.16. The van der Waals surface area contributed by atoms with Crippen molar-refractivity contribution in [3.8, 4) is 23.1 Å². The molecule has 1 aromatic carbocycles. The molecule has 0 spiro atoms. The minimum absolute atomic E-state index is 0.0144. The number of ether oxygens (including phenoxy) is 1. The number of anilines is 2. The fourth-order valence-corrected chi connectivity index (χ4v) is 3.63. The van der Waals surface area contributed by atoms with Gasteiger partial charge in [0.15, 0.2) is 5.16 Å². The highest BCUT2D eigenvalue weighted by molar-refractivity contribution is 7.98. The molecule has 3 rings (SSSR count). The molecular weight excluding hydrogens is 412 g/mol. The van der Waals surface area contributed by atoms with Gasteiger partial charge in [0.1, 0.15) is 28.9 Å². The van der Waals surface area contributed by atoms with E-state index in [1.807, 2.05) is 6.07 Å². The van der Waals surface area contributed by atoms with Crippen molar-refractivity contribution in [1.82, 2.24) is 19.9 Å². The van der Waals surface area contributed by atoms with Crippen LogP contribution in [-0.2, 0) is 5.75 Å². The Hall–Kier alpha value is -3.52. The quantitative estimate of drug-likeness (QED) is 0.445. The van der Waals surface area contributed by atoms with Crippen LogP contribution in [0.1, 0.15) is 28.9 Å². The number of halogens is 2. The van der Waals surface area contributed by atoms with Crippen LogP contribution in [0.15, 0.2) is 29.4 Å². The van der Waals surface area contributed by atoms with Crippen LogP contribution < -0.4 is 16.2 Å². The van der Waals surface area contributed by atoms with Crippen molar-refractivity contribution in [2.75, 3.05) is 18.6 Å². The van der Waals surface area contributed by atoms with Gasteiger partial charge in [-0.25, -0.2) is 23.7 Å². The van der Waals surface area contributed by atoms with E-state index >= 15 is 0 Å². The van der Waals surface area contributed by atoms with Crippen molar-refractivity contribution in [1.29, 1.82) is 5.26 Å². The summed E-state index contributed by atoms with van der Waals surface area (Å²) in [6, 6.07) is 8.43. The first-order chi connectivity index (χ1) is 14.3. The van der Waals surface area contributed by atoms with Crippen LogP contribution in [0.2, 0.25) is 0 Å². The van der Waals surface area contributed by atoms with E-state index in [0.717, 1.165) is 5.56 Å². The van der Waals surface area contributed by atoms with Gasteiger partial charge in [-0.05, 0) is 31.2 Å². The van der Waals surface area contributed by atoms with Crippen molar-refractivity contribution >= 4 is 23.5 Å². The molecule has 2 aromatic heterocycles. The summed E-state index contributed by atoms with van der Waals surface area (Å²) < 4.78 is 31.4. The van der Waals surface area contributed by atoms with Gasteiger partial charge < -0.3 is 16.2 Å². The Kier molecular flexibility index (Phi) is 6.27. The number of hydrogen-bond donors (Lipinski definition) is 2. The van der Waals surface area contributed by atoms with Crippen LogP contribution in [-0.4, -0.2) is 27.0 Å². The van der Waals surface area contributed by atoms with Crippen LogP contribution in [0.5, 0.6) is 5.75 Å². The molecule has 0 radical (unpaired) electrons. The van der Waals surface area contributed by atoms with E-state index in [4.69, 9.17) is 16.2 Å². The fraction of sp³-hybridized carbons (Fsp3) is 0.211. The lowest BCUT2D eigenvalue weighted by Crippen LogP contribution is -2.05. The van der Waals surface area contributed by atoms with Gasteiger partial charge in [-0.3, -0.25) is 0 Å². The molecule has 0 saturated carbocycles. The average molecular weight is 429 g/mol. The lowest BCUT2D eigenvalue weighted by atomic mass is 10.0. The fourth-order valence-electron chi connectivity index (χ4n) is 2.74. The van der Waals surface area contributed by atoms with Crippen molar-refractivity contribution in [3.63, 3.8) is 0 Å². The van der Waals surface area contributed by atoms with E-state index in [1.54, 1.807) is 25.1 Å². The Bertz CT molecular complexity index is 1130. The maximum atomic E-state index is 13.0. The third-order valence-electron chi connectivity index (χ3n) is 4.05. The molecule has 0 fully saturated rings. The highest BCUT2D eigenvalue weighted by atomic mass is 32.2. The number of nitrogen functional groups attached to an aromatic ring is 2. The Morgan fingerprint density at radius 1 is 1.17 bits per heavy atom. The molecule has 0 aliphatic heterocycles. The molecular formula is C19H17F2N7OS. The molecule has 30 heavy (non-hydrogen) atoms. The minimum atomic E-state index is -2.68. The van der Waals surface area contributed by atoms with Crippen LogP contribution in [0.4, 0.5) is 20.5 Å². The average Bonchev–Trinajstić information content (AvgIpc) is 2.71. The van der Waals surface area contributed by atoms with Gasteiger partial charge in [0.05, 0.1) is 12.8 Å². The number of nitrogens with two attached hydrogens (primary N) is 2. The molecule has 154 valence electrons. The second-order valence-corrected chi connectivity index (χ2v) is 7.08. The first kappa shape index (κ1) is 21.2. The number of alkyl halides is 2. The number of benzene rings is 1. The van der Waals surface area contributed by atoms with Crippen molar-refractivity contribution < 1.29 is 13.5 Å². The SMILES string of the molecule is COc1ccc(-c2nc(N)nc(N)c2C#N)cc1CSc1nc(C)cc(C(F)F)n1. The normalized spacial score (nSPS) is 10.8. The van der Waals surface area contributed by atoms with E-state index in [1.165, 1.54) is 24.9 Å². The first-order valence-electron chi connectivity index (χ1n) is 8.59. The predicted molar refractivity (Wildman–Crippen MR) is 109 cm³/mol. The van der Waals surface area contributed by atoms with Crippen LogP contribution in [0.25, 0.3) is 11.3 Å². The van der Waals surface area contributed by atoms with Crippen LogP contribution >= 0.6 is 11.8 Å². The third-order valence-corrected chi connectivity index (χ3v) is 4.95. The summed E-state index contributed by atoms with van der Waals surface area (Å²) in [4.78, 5) is 16.0. The molecule has 11 heteroatoms. The lowest BCUT2D eigenvalue weighted by molar-refractivity contribution is 0.145. The minimum Gasteiger partial charge on any atom is -0.496 e. The van der Waals surface area contributed by atoms with Gasteiger partial charge in [0.2, 0.25) is 5.95 Å². The van der Waals surface area contributed by atoms with Crippen molar-refractivity contribution in [2.45, 2.75) is 24.3 Å². The number of methoxy groups -OCH3 is 1. The Morgan fingerprint density at radius 2 is 1.93 bits per heavy atom. The van der Waals surface area contributed by atoms with Gasteiger partial charge in [-0.2, -0.15) is 10.2 Å². The number of thioether (sulfide) groups is 1. The number of aromatic nitrogens is 4. The second-order valence-electron chi connectivity index (χ2n) is 6.14. The number of aryl methyl sites for hydroxylation is 1. The molecule has 8 nitrogen and oxygen atoms in total. The summed E-state index contributed by atoms with van der Waals surface area (Å²) in [5.41, 5.74) is 13.3. The molecule has 3 aromatic rings. The number of rotatable bonds is 6. The summed E-state index contributed by atoms with van der Waals surface area (Å²) in [7, 11) is 1.52. The Morgan fingerprint density at radius 3 is 2.60 bits per heavy atom. The molecule has 0 atom stereocenters. The van der Waals surface area contributed by atoms with Crippen LogP contribution in [0.3, 0.4) is 0 Å². The lowest BCUT2D eigenvalue weighted by Gasteiger charge is -2.12. The zero-order chi connectivity index (χ0) is 21.8. The maximum Gasteiger partial charge on any atom is 0.280 e. The second kappa shape index (κ2) is 8.87. The van der Waals surface area contributed by atoms with Gasteiger partial charge in [-0.15, -0.1) is 0 Å². The zero-order valence-electron chi connectivity index (χ0n) is 16.1. The number of hydrogen-bond acceptors (Lipinski definition) is 9. The molecule has 2 heterocycles. The molecule has 0 amide bonds. The molecule has 0 aliphatic carbocycles. The largest absolute Gasteiger partial charge is 0.496 e. The van der Waals surface area contributed by atoms with Gasteiger partial charge in [0.25, 0.3) is 6.43 Å². The molecule has 0 bridgehead atoms. The molecule has 0 unspecified atom stereocenters. The Balaban J connectivity index is 1.97. The molecule has 0 aliphatic rings. The Labute approximate surface area is 175 Å². The summed E-state index contributed by atoms with van der Waals surface area (Å²) in [6.45, 7) is 1.63. The number of nitrogens with zero attached hydrogens (tertiary/aromatic N) is 5. The summed E-state index contributed by atoms with van der Waals surface area (Å²) in [5, 5.41) is 9.64. The molecule has 4 N–H and O–H groups in total. The number of nitriles is 1. The third kappa shape index (κ3) is 4.55. The summed E-state index contributed by atoms with van der Waals surface area (Å²) in [6.07, 6.45) is -2.68. The first-order valence-corrected chi connectivity index (χ1v) is 9.57. The monoisotopic (exact) mass is 429 g/mol. The standard InChI is InChI=1S/C19H17F2N7OS/c1-9-5-13(16(20)21)26-19(25-9)30-8-11-6-10(3-4-14(11)29-2)15-12(7-22)17(23)28-18(24)27-15/h3-6,16H,8H2,1-2H3,(H4,23,24,27,28). The smallest absolute Gasteiger partial charge is 0.280 e. The summed E-state index contributed by atoms with van der Waals surface area (Å²) >= 11 is 1.19. The van der Waals surface area contributed by atoms with Gasteiger partial charge in [-0.1, -0.05) is 11.8 Å². The van der Waals surface area contributed by atoms with Crippen LogP contribution in [0, 0.1) is 18.3 Å². The predicted octanol–water partition coefficient (Wildman–Crippen LogP) is 3.52. The van der Waals surface area contributed by atoms with E-state index in [2.05, 4.69) is 19.9 Å². The van der Waals surface area contributed by atoms with E-state index in [0.29, 0.717) is 28.5 Å². The van der Waals surface area contributed by atoms with E-state index in [-0.39, 0.29) is 28.2 Å². The summed E-state index contributed by atoms with van der Waals surface area (Å²) in [5.74, 6) is 0.836. The van der Waals surface area contributed by atoms with Crippen molar-refractivity contribution in [2.24, 2.45) is 0 Å². The van der Waals surface area contributed by atoms with Crippen molar-refractivity contribution in [3.05, 3.63) is 46.8 Å². The van der Waals surface area contributed by atoms with E-state index < -0.39 is 6.43 Å². The van der Waals surface area contributed by atoms with E-state index in [9.17, 15) is 14.0 Å². The highest BCUT2D eigenvalue weighted by Crippen LogP contribution is 2.33.